The fourth-order valence-electron chi connectivity index (χ4n) is 1.96. The van der Waals surface area contributed by atoms with E-state index >= 15 is 0 Å². The number of imidazole rings is 1. The fraction of sp³-hybridized carbons (Fsp3) is 0.154. The number of carbonyl (C=O) groups excluding carboxylic acids is 2. The first-order chi connectivity index (χ1) is 10.1. The normalized spacial score (nSPS) is 20.1. The molecule has 0 radical (unpaired) electrons. The number of aromatic amines is 1. The van der Waals surface area contributed by atoms with Crippen LogP contribution in [0, 0.1) is 0 Å². The van der Waals surface area contributed by atoms with E-state index in [1.807, 2.05) is 30.3 Å². The Morgan fingerprint density at radius 1 is 1.29 bits per heavy atom. The van der Waals surface area contributed by atoms with Crippen molar-refractivity contribution in [2.75, 3.05) is 5.32 Å². The van der Waals surface area contributed by atoms with Crippen molar-refractivity contribution in [3.8, 4) is 0 Å². The van der Waals surface area contributed by atoms with Crippen LogP contribution in [0.3, 0.4) is 0 Å². The second kappa shape index (κ2) is 4.91. The van der Waals surface area contributed by atoms with Crippen molar-refractivity contribution in [2.45, 2.75) is 12.4 Å². The lowest BCUT2D eigenvalue weighted by molar-refractivity contribution is -0.151. The fourth-order valence-corrected chi connectivity index (χ4v) is 1.96. The number of nitrogens with one attached hydrogen (secondary N) is 3. The van der Waals surface area contributed by atoms with Crippen LogP contribution in [-0.2, 0) is 16.1 Å². The number of ether oxygens (including phenoxy) is 1. The van der Waals surface area contributed by atoms with E-state index in [1.54, 1.807) is 0 Å². The molecule has 108 valence electrons. The lowest BCUT2D eigenvalue weighted by Gasteiger charge is -2.32. The molecule has 3 rings (SSSR count). The molecule has 1 aromatic heterocycles. The molecule has 1 aromatic carbocycles. The summed E-state index contributed by atoms with van der Waals surface area (Å²) >= 11 is 0. The Kier molecular flexibility index (Phi) is 3.07. The SMILES string of the molecule is NC1(C(=O)OCc2ccccc2)NC(=O)c2[nH]cnc2N1. The molecule has 2 heterocycles. The number of hydrogen-bond donors (Lipinski definition) is 4. The number of esters is 1. The van der Waals surface area contributed by atoms with Gasteiger partial charge in [0.15, 0.2) is 5.82 Å². The van der Waals surface area contributed by atoms with E-state index in [-0.39, 0.29) is 18.1 Å². The zero-order valence-electron chi connectivity index (χ0n) is 10.9. The average Bonchev–Trinajstić information content (AvgIpc) is 2.94. The minimum atomic E-state index is -1.84. The van der Waals surface area contributed by atoms with E-state index in [0.717, 1.165) is 5.56 Å². The molecule has 5 N–H and O–H groups in total. The zero-order chi connectivity index (χ0) is 14.9. The van der Waals surface area contributed by atoms with Crippen molar-refractivity contribution < 1.29 is 14.3 Å². The Bertz CT molecular complexity index is 684. The lowest BCUT2D eigenvalue weighted by atomic mass is 10.2. The third kappa shape index (κ3) is 2.43. The van der Waals surface area contributed by atoms with Gasteiger partial charge in [-0.15, -0.1) is 0 Å². The van der Waals surface area contributed by atoms with Crippen LogP contribution >= 0.6 is 0 Å². The van der Waals surface area contributed by atoms with Gasteiger partial charge in [0.05, 0.1) is 6.33 Å². The van der Waals surface area contributed by atoms with Gasteiger partial charge >= 0.3 is 5.97 Å². The Morgan fingerprint density at radius 3 is 2.81 bits per heavy atom. The van der Waals surface area contributed by atoms with Crippen LogP contribution < -0.4 is 16.4 Å². The highest BCUT2D eigenvalue weighted by Gasteiger charge is 2.43. The molecule has 1 atom stereocenters. The second-order valence-corrected chi connectivity index (χ2v) is 4.58. The molecular formula is C13H13N5O3. The highest BCUT2D eigenvalue weighted by Crippen LogP contribution is 2.19. The number of benzene rings is 1. The molecule has 0 fully saturated rings. The number of rotatable bonds is 3. The molecule has 1 aliphatic rings. The van der Waals surface area contributed by atoms with Gasteiger partial charge in [0.1, 0.15) is 12.3 Å². The number of H-pyrrole nitrogens is 1. The third-order valence-electron chi connectivity index (χ3n) is 3.03. The number of nitrogens with zero attached hydrogens (tertiary/aromatic N) is 1. The van der Waals surface area contributed by atoms with Crippen molar-refractivity contribution in [3.63, 3.8) is 0 Å². The van der Waals surface area contributed by atoms with Gasteiger partial charge in [-0.05, 0) is 5.56 Å². The largest absolute Gasteiger partial charge is 0.457 e. The molecule has 0 spiro atoms. The summed E-state index contributed by atoms with van der Waals surface area (Å²) in [7, 11) is 0. The maximum absolute atomic E-state index is 12.1. The molecule has 0 bridgehead atoms. The number of carbonyl (C=O) groups is 2. The molecule has 0 saturated heterocycles. The van der Waals surface area contributed by atoms with E-state index in [1.165, 1.54) is 6.33 Å². The third-order valence-corrected chi connectivity index (χ3v) is 3.03. The maximum Gasteiger partial charge on any atom is 0.369 e. The number of anilines is 1. The number of nitrogens with two attached hydrogens (primary N) is 1. The van der Waals surface area contributed by atoms with Gasteiger partial charge in [-0.2, -0.15) is 0 Å². The van der Waals surface area contributed by atoms with Gasteiger partial charge in [0.2, 0.25) is 0 Å². The van der Waals surface area contributed by atoms with Gasteiger partial charge in [0, 0.05) is 0 Å². The summed E-state index contributed by atoms with van der Waals surface area (Å²) in [4.78, 5) is 30.5. The number of fused-ring (bicyclic) bond motifs is 1. The monoisotopic (exact) mass is 287 g/mol. The Morgan fingerprint density at radius 2 is 2.05 bits per heavy atom. The molecule has 8 heteroatoms. The summed E-state index contributed by atoms with van der Waals surface area (Å²) in [6.07, 6.45) is 1.33. The number of hydrogen-bond acceptors (Lipinski definition) is 6. The second-order valence-electron chi connectivity index (χ2n) is 4.58. The number of amides is 1. The predicted octanol–water partition coefficient (Wildman–Crippen LogP) is -0.0791. The van der Waals surface area contributed by atoms with Crippen LogP contribution in [-0.4, -0.2) is 27.6 Å². The first-order valence-electron chi connectivity index (χ1n) is 6.22. The summed E-state index contributed by atoms with van der Waals surface area (Å²) in [5.74, 6) is -2.96. The van der Waals surface area contributed by atoms with Crippen LogP contribution in [0.25, 0.3) is 0 Å². The summed E-state index contributed by atoms with van der Waals surface area (Å²) in [5.41, 5.74) is 6.89. The first-order valence-corrected chi connectivity index (χ1v) is 6.22. The molecule has 8 nitrogen and oxygen atoms in total. The average molecular weight is 287 g/mol. The van der Waals surface area contributed by atoms with E-state index in [0.29, 0.717) is 0 Å². The van der Waals surface area contributed by atoms with E-state index < -0.39 is 17.7 Å². The van der Waals surface area contributed by atoms with Crippen molar-refractivity contribution in [1.29, 1.82) is 0 Å². The van der Waals surface area contributed by atoms with E-state index in [9.17, 15) is 9.59 Å². The molecule has 1 amide bonds. The van der Waals surface area contributed by atoms with E-state index in [2.05, 4.69) is 20.6 Å². The van der Waals surface area contributed by atoms with Gasteiger partial charge in [-0.3, -0.25) is 10.5 Å². The Hall–Kier alpha value is -2.87. The van der Waals surface area contributed by atoms with Gasteiger partial charge in [0.25, 0.3) is 11.7 Å². The summed E-state index contributed by atoms with van der Waals surface area (Å²) in [5, 5.41) is 5.00. The highest BCUT2D eigenvalue weighted by molar-refractivity contribution is 6.03. The van der Waals surface area contributed by atoms with Crippen LogP contribution in [0.15, 0.2) is 36.7 Å². The molecule has 1 aliphatic heterocycles. The van der Waals surface area contributed by atoms with Crippen molar-refractivity contribution in [3.05, 3.63) is 47.9 Å². The van der Waals surface area contributed by atoms with Gasteiger partial charge in [-0.25, -0.2) is 9.78 Å². The Labute approximate surface area is 119 Å². The van der Waals surface area contributed by atoms with Crippen molar-refractivity contribution in [1.82, 2.24) is 15.3 Å². The minimum absolute atomic E-state index is 0.0591. The Balaban J connectivity index is 1.71. The van der Waals surface area contributed by atoms with Gasteiger partial charge in [-0.1, -0.05) is 30.3 Å². The molecule has 0 saturated carbocycles. The van der Waals surface area contributed by atoms with Gasteiger partial charge < -0.3 is 20.4 Å². The van der Waals surface area contributed by atoms with Crippen LogP contribution in [0.2, 0.25) is 0 Å². The smallest absolute Gasteiger partial charge is 0.369 e. The summed E-state index contributed by atoms with van der Waals surface area (Å²) < 4.78 is 5.13. The quantitative estimate of drug-likeness (QED) is 0.586. The summed E-state index contributed by atoms with van der Waals surface area (Å²) in [6.45, 7) is 0.0591. The molecule has 21 heavy (non-hydrogen) atoms. The number of aromatic nitrogens is 2. The standard InChI is InChI=1S/C13H13N5O3/c14-13(12(20)21-6-8-4-2-1-3-5-8)17-10-9(11(19)18-13)15-7-16-10/h1-5,7,17H,6,14H2,(H,15,16)(H,18,19). The topological polar surface area (TPSA) is 122 Å². The van der Waals surface area contributed by atoms with Crippen molar-refractivity contribution in [2.24, 2.45) is 5.73 Å². The lowest BCUT2D eigenvalue weighted by Crippen LogP contribution is -2.69. The van der Waals surface area contributed by atoms with Crippen molar-refractivity contribution >= 4 is 17.7 Å². The van der Waals surface area contributed by atoms with Crippen LogP contribution in [0.5, 0.6) is 0 Å². The van der Waals surface area contributed by atoms with Crippen LogP contribution in [0.4, 0.5) is 5.82 Å². The van der Waals surface area contributed by atoms with Crippen LogP contribution in [0.1, 0.15) is 16.1 Å². The predicted molar refractivity (Wildman–Crippen MR) is 72.8 cm³/mol. The molecule has 0 aliphatic carbocycles. The summed E-state index contributed by atoms with van der Waals surface area (Å²) in [6, 6.07) is 9.15. The first kappa shape index (κ1) is 13.1. The molecular weight excluding hydrogens is 274 g/mol. The maximum atomic E-state index is 12.1. The van der Waals surface area contributed by atoms with E-state index in [4.69, 9.17) is 10.5 Å². The minimum Gasteiger partial charge on any atom is -0.457 e. The molecule has 1 unspecified atom stereocenters. The zero-order valence-corrected chi connectivity index (χ0v) is 10.9. The highest BCUT2D eigenvalue weighted by atomic mass is 16.5. The molecule has 2 aromatic rings.